The van der Waals surface area contributed by atoms with Gasteiger partial charge in [-0.25, -0.2) is 0 Å². The molecule has 144 valence electrons. The van der Waals surface area contributed by atoms with Crippen molar-refractivity contribution in [2.24, 2.45) is 5.92 Å². The van der Waals surface area contributed by atoms with Gasteiger partial charge in [0, 0.05) is 11.7 Å². The summed E-state index contributed by atoms with van der Waals surface area (Å²) < 4.78 is 0. The highest BCUT2D eigenvalue weighted by Crippen LogP contribution is 2.18. The molecule has 1 N–H and O–H groups in total. The monoisotopic (exact) mass is 346 g/mol. The summed E-state index contributed by atoms with van der Waals surface area (Å²) in [5.74, 6) is 0.590. The van der Waals surface area contributed by atoms with E-state index in [4.69, 9.17) is 0 Å². The summed E-state index contributed by atoms with van der Waals surface area (Å²) in [7, 11) is 2.23. The van der Waals surface area contributed by atoms with Crippen molar-refractivity contribution in [3.8, 4) is 0 Å². The van der Waals surface area contributed by atoms with Gasteiger partial charge in [0.2, 0.25) is 0 Å². The number of allylic oxidation sites excluding steroid dienone is 4. The first-order valence-electron chi connectivity index (χ1n) is 10.5. The molecule has 0 aromatic heterocycles. The molecule has 0 amide bonds. The minimum atomic E-state index is 0.363. The topological polar surface area (TPSA) is 15.3 Å². The van der Waals surface area contributed by atoms with Crippen LogP contribution in [0.4, 0.5) is 0 Å². The largest absolute Gasteiger partial charge is 0.380 e. The van der Waals surface area contributed by atoms with Crippen LogP contribution in [0.2, 0.25) is 0 Å². The molecule has 0 bridgehead atoms. The first-order chi connectivity index (χ1) is 12.0. The number of hydrogen-bond acceptors (Lipinski definition) is 2. The lowest BCUT2D eigenvalue weighted by atomic mass is 9.98. The Kier molecular flexibility index (Phi) is 10.9. The van der Waals surface area contributed by atoms with Crippen molar-refractivity contribution < 1.29 is 0 Å². The smallest absolute Gasteiger partial charge is 0.0635 e. The summed E-state index contributed by atoms with van der Waals surface area (Å²) in [5.41, 5.74) is 1.43. The number of likely N-dealkylation sites (N-methyl/N-ethyl adjacent to an activating group) is 1. The number of hydrogen-bond donors (Lipinski definition) is 1. The molecule has 0 spiro atoms. The second-order valence-corrected chi connectivity index (χ2v) is 8.14. The van der Waals surface area contributed by atoms with Crippen molar-refractivity contribution in [3.05, 3.63) is 36.1 Å². The van der Waals surface area contributed by atoms with Crippen LogP contribution in [-0.4, -0.2) is 30.1 Å². The summed E-state index contributed by atoms with van der Waals surface area (Å²) in [6, 6.07) is 1.33. The third-order valence-corrected chi connectivity index (χ3v) is 5.08. The van der Waals surface area contributed by atoms with E-state index in [1.54, 1.807) is 0 Å². The molecule has 0 heterocycles. The van der Waals surface area contributed by atoms with Gasteiger partial charge in [0.25, 0.3) is 0 Å². The zero-order chi connectivity index (χ0) is 18.7. The molecule has 0 saturated carbocycles. The molecule has 2 unspecified atom stereocenters. The Morgan fingerprint density at radius 2 is 1.64 bits per heavy atom. The van der Waals surface area contributed by atoms with E-state index in [1.807, 2.05) is 0 Å². The fourth-order valence-corrected chi connectivity index (χ4v) is 3.38. The van der Waals surface area contributed by atoms with Crippen molar-refractivity contribution >= 4 is 0 Å². The Bertz CT molecular complexity index is 431. The van der Waals surface area contributed by atoms with Gasteiger partial charge in [-0.15, -0.1) is 0 Å². The van der Waals surface area contributed by atoms with Gasteiger partial charge in [-0.2, -0.15) is 0 Å². The van der Waals surface area contributed by atoms with Crippen LogP contribution in [0.3, 0.4) is 0 Å². The van der Waals surface area contributed by atoms with Gasteiger partial charge >= 0.3 is 0 Å². The maximum Gasteiger partial charge on any atom is 0.0635 e. The molecule has 2 atom stereocenters. The van der Waals surface area contributed by atoms with Crippen molar-refractivity contribution in [3.63, 3.8) is 0 Å². The summed E-state index contributed by atoms with van der Waals surface area (Å²) >= 11 is 0. The second-order valence-electron chi connectivity index (χ2n) is 8.14. The van der Waals surface area contributed by atoms with Crippen LogP contribution >= 0.6 is 0 Å². The van der Waals surface area contributed by atoms with Crippen LogP contribution in [0.5, 0.6) is 0 Å². The molecule has 0 fully saturated rings. The number of nitrogens with zero attached hydrogens (tertiary/aromatic N) is 1. The van der Waals surface area contributed by atoms with Gasteiger partial charge < -0.3 is 5.32 Å². The molecule has 0 radical (unpaired) electrons. The van der Waals surface area contributed by atoms with Crippen molar-refractivity contribution in [1.29, 1.82) is 0 Å². The van der Waals surface area contributed by atoms with E-state index in [2.05, 4.69) is 82.3 Å². The van der Waals surface area contributed by atoms with E-state index in [0.717, 1.165) is 0 Å². The minimum absolute atomic E-state index is 0.363. The lowest BCUT2D eigenvalue weighted by molar-refractivity contribution is 0.206. The van der Waals surface area contributed by atoms with E-state index in [9.17, 15) is 0 Å². The Morgan fingerprint density at radius 1 is 1.00 bits per heavy atom. The molecule has 1 aliphatic rings. The second kappa shape index (κ2) is 12.4. The van der Waals surface area contributed by atoms with Crippen LogP contribution in [0.1, 0.15) is 79.6 Å². The summed E-state index contributed by atoms with van der Waals surface area (Å²) in [6.07, 6.45) is 20.7. The van der Waals surface area contributed by atoms with Crippen LogP contribution in [-0.2, 0) is 0 Å². The van der Waals surface area contributed by atoms with Crippen LogP contribution in [0.15, 0.2) is 36.1 Å². The maximum absolute atomic E-state index is 3.86. The van der Waals surface area contributed by atoms with Crippen LogP contribution in [0, 0.1) is 5.92 Å². The molecule has 2 heteroatoms. The highest BCUT2D eigenvalue weighted by molar-refractivity contribution is 5.23. The first-order valence-corrected chi connectivity index (χ1v) is 10.5. The van der Waals surface area contributed by atoms with Crippen molar-refractivity contribution in [1.82, 2.24) is 10.2 Å². The van der Waals surface area contributed by atoms with Crippen molar-refractivity contribution in [2.75, 3.05) is 7.05 Å². The average molecular weight is 347 g/mol. The Labute approximate surface area is 157 Å². The fraction of sp³-hybridized carbons (Fsp3) is 0.739. The normalized spacial score (nSPS) is 20.9. The predicted octanol–water partition coefficient (Wildman–Crippen LogP) is 6.07. The molecular weight excluding hydrogens is 304 g/mol. The average Bonchev–Trinajstić information content (AvgIpc) is 2.57. The predicted molar refractivity (Wildman–Crippen MR) is 113 cm³/mol. The Balaban J connectivity index is 2.61. The molecule has 1 rings (SSSR count). The van der Waals surface area contributed by atoms with Gasteiger partial charge in [0.05, 0.1) is 12.1 Å². The quantitative estimate of drug-likeness (QED) is 0.431. The summed E-state index contributed by atoms with van der Waals surface area (Å²) in [5, 5.41) is 3.86. The number of unbranched alkanes of at least 4 members (excludes halogenated alkanes) is 5. The van der Waals surface area contributed by atoms with Gasteiger partial charge in [0.1, 0.15) is 0 Å². The van der Waals surface area contributed by atoms with E-state index in [-0.39, 0.29) is 0 Å². The third-order valence-electron chi connectivity index (χ3n) is 5.08. The fourth-order valence-electron chi connectivity index (χ4n) is 3.38. The lowest BCUT2D eigenvalue weighted by Gasteiger charge is -2.36. The maximum atomic E-state index is 3.86. The van der Waals surface area contributed by atoms with Crippen molar-refractivity contribution in [2.45, 2.75) is 97.7 Å². The van der Waals surface area contributed by atoms with Gasteiger partial charge in [-0.3, -0.25) is 4.90 Å². The molecule has 2 nitrogen and oxygen atoms in total. The minimum Gasteiger partial charge on any atom is -0.380 e. The Morgan fingerprint density at radius 3 is 2.28 bits per heavy atom. The van der Waals surface area contributed by atoms with E-state index in [0.29, 0.717) is 24.0 Å². The third kappa shape index (κ3) is 8.76. The van der Waals surface area contributed by atoms with E-state index in [1.165, 1.54) is 50.6 Å². The van der Waals surface area contributed by atoms with E-state index < -0.39 is 0 Å². The molecule has 25 heavy (non-hydrogen) atoms. The number of rotatable bonds is 12. The molecule has 0 aromatic rings. The molecule has 0 aromatic carbocycles. The molecule has 0 saturated heterocycles. The Hall–Kier alpha value is -1.02. The van der Waals surface area contributed by atoms with Crippen LogP contribution < -0.4 is 5.32 Å². The highest BCUT2D eigenvalue weighted by atomic mass is 15.2. The van der Waals surface area contributed by atoms with Gasteiger partial charge in [0.15, 0.2) is 0 Å². The van der Waals surface area contributed by atoms with E-state index >= 15 is 0 Å². The summed E-state index contributed by atoms with van der Waals surface area (Å²) in [4.78, 5) is 2.45. The standard InChI is InChI=1S/C23H42N2/c1-7-8-9-10-11-12-15-21(18-19(2)3)24-22-16-13-14-17-23(22)25(6)20(4)5/h13-14,16-20,22-24H,7-12,15H2,1-6H3/b21-18-. The molecule has 1 aliphatic carbocycles. The zero-order valence-electron chi connectivity index (χ0n) is 17.6. The lowest BCUT2D eigenvalue weighted by Crippen LogP contribution is -2.49. The molecule has 0 aliphatic heterocycles. The van der Waals surface area contributed by atoms with Gasteiger partial charge in [-0.1, -0.05) is 83.3 Å². The van der Waals surface area contributed by atoms with Gasteiger partial charge in [-0.05, 0) is 39.7 Å². The summed E-state index contributed by atoms with van der Waals surface area (Å²) in [6.45, 7) is 11.4. The highest BCUT2D eigenvalue weighted by Gasteiger charge is 2.24. The van der Waals surface area contributed by atoms with Crippen LogP contribution in [0.25, 0.3) is 0 Å². The zero-order valence-corrected chi connectivity index (χ0v) is 17.6. The molecular formula is C23H42N2. The first kappa shape index (κ1) is 22.0. The number of nitrogens with one attached hydrogen (secondary N) is 1. The SMILES string of the molecule is CCCCCCCC/C(=C/C(C)C)NC1C=CC=CC1N(C)C(C)C.